The minimum absolute atomic E-state index is 0.153. The number of halogens is 3. The summed E-state index contributed by atoms with van der Waals surface area (Å²) in [4.78, 5) is 28.6. The van der Waals surface area contributed by atoms with Crippen LogP contribution in [0.15, 0.2) is 20.3 Å². The van der Waals surface area contributed by atoms with Gasteiger partial charge in [-0.25, -0.2) is 4.79 Å². The number of hydrogen-bond acceptors (Lipinski definition) is 6. The van der Waals surface area contributed by atoms with Crippen molar-refractivity contribution in [2.24, 2.45) is 0 Å². The predicted molar refractivity (Wildman–Crippen MR) is 63.4 cm³/mol. The van der Waals surface area contributed by atoms with E-state index >= 15 is 0 Å². The molecule has 11 heteroatoms. The number of alkyl halides is 3. The van der Waals surface area contributed by atoms with Crippen LogP contribution in [0.1, 0.15) is 5.89 Å². The minimum Gasteiger partial charge on any atom is -0.338 e. The molecule has 2 aromatic heterocycles. The maximum absolute atomic E-state index is 12.4. The lowest BCUT2D eigenvalue weighted by atomic mass is 10.3. The van der Waals surface area contributed by atoms with Crippen molar-refractivity contribution in [1.82, 2.24) is 25.0 Å². The molecule has 8 nitrogen and oxygen atoms in total. The van der Waals surface area contributed by atoms with Crippen LogP contribution in [-0.2, 0) is 13.1 Å². The van der Waals surface area contributed by atoms with Crippen LogP contribution < -0.4 is 16.6 Å². The highest BCUT2D eigenvalue weighted by molar-refractivity contribution is 5.50. The molecule has 2 N–H and O–H groups in total. The molecule has 114 valence electrons. The first kappa shape index (κ1) is 15.0. The summed E-state index contributed by atoms with van der Waals surface area (Å²) in [5, 5.41) is 6.22. The summed E-state index contributed by atoms with van der Waals surface area (Å²) in [6, 6.07) is 0. The standard InChI is InChI=1S/C10H10F3N5O3/c1-14-2-6-15-7(17-21-6)5-3-18(4-10(11,12)13)9(20)16-8(5)19/h3,14H,2,4H2,1H3,(H,16,19,20). The van der Waals surface area contributed by atoms with Gasteiger partial charge in [0.15, 0.2) is 0 Å². The second-order valence-electron chi connectivity index (χ2n) is 4.09. The number of rotatable bonds is 4. The quantitative estimate of drug-likeness (QED) is 0.815. The summed E-state index contributed by atoms with van der Waals surface area (Å²) < 4.78 is 42.2. The molecular formula is C10H10F3N5O3. The fourth-order valence-electron chi connectivity index (χ4n) is 1.57. The molecular weight excluding hydrogens is 295 g/mol. The molecule has 0 aromatic carbocycles. The zero-order valence-electron chi connectivity index (χ0n) is 10.7. The van der Waals surface area contributed by atoms with E-state index in [2.05, 4.69) is 15.5 Å². The summed E-state index contributed by atoms with van der Waals surface area (Å²) >= 11 is 0. The van der Waals surface area contributed by atoms with Gasteiger partial charge in [-0.15, -0.1) is 0 Å². The third-order valence-electron chi connectivity index (χ3n) is 2.40. The Hall–Kier alpha value is -2.43. The van der Waals surface area contributed by atoms with Gasteiger partial charge in [-0.3, -0.25) is 14.3 Å². The Kier molecular flexibility index (Phi) is 3.93. The Morgan fingerprint density at radius 3 is 2.76 bits per heavy atom. The summed E-state index contributed by atoms with van der Waals surface area (Å²) in [6.45, 7) is -1.30. The smallest absolute Gasteiger partial charge is 0.338 e. The van der Waals surface area contributed by atoms with Crippen LogP contribution in [0.3, 0.4) is 0 Å². The van der Waals surface area contributed by atoms with Gasteiger partial charge in [0.25, 0.3) is 5.56 Å². The van der Waals surface area contributed by atoms with Crippen LogP contribution in [-0.4, -0.2) is 32.9 Å². The van der Waals surface area contributed by atoms with Crippen molar-refractivity contribution in [2.75, 3.05) is 7.05 Å². The van der Waals surface area contributed by atoms with Gasteiger partial charge in [-0.2, -0.15) is 18.2 Å². The van der Waals surface area contributed by atoms with E-state index in [1.165, 1.54) is 0 Å². The summed E-state index contributed by atoms with van der Waals surface area (Å²) in [5.74, 6) is -0.0436. The van der Waals surface area contributed by atoms with E-state index in [0.717, 1.165) is 6.20 Å². The molecule has 0 saturated carbocycles. The number of H-pyrrole nitrogens is 1. The largest absolute Gasteiger partial charge is 0.406 e. The third kappa shape index (κ3) is 3.56. The molecule has 21 heavy (non-hydrogen) atoms. The lowest BCUT2D eigenvalue weighted by molar-refractivity contribution is -0.141. The number of aromatic nitrogens is 4. The molecule has 0 saturated heterocycles. The van der Waals surface area contributed by atoms with E-state index in [4.69, 9.17) is 4.52 Å². The average Bonchev–Trinajstić information content (AvgIpc) is 2.80. The van der Waals surface area contributed by atoms with Crippen molar-refractivity contribution in [2.45, 2.75) is 19.3 Å². The highest BCUT2D eigenvalue weighted by Gasteiger charge is 2.29. The Bertz CT molecular complexity index is 745. The lowest BCUT2D eigenvalue weighted by Crippen LogP contribution is -2.34. The van der Waals surface area contributed by atoms with Crippen molar-refractivity contribution in [3.63, 3.8) is 0 Å². The number of nitrogens with zero attached hydrogens (tertiary/aromatic N) is 3. The monoisotopic (exact) mass is 305 g/mol. The zero-order valence-corrected chi connectivity index (χ0v) is 10.7. The molecule has 0 spiro atoms. The van der Waals surface area contributed by atoms with E-state index in [9.17, 15) is 22.8 Å². The van der Waals surface area contributed by atoms with Gasteiger partial charge < -0.3 is 9.84 Å². The van der Waals surface area contributed by atoms with Crippen molar-refractivity contribution in [1.29, 1.82) is 0 Å². The van der Waals surface area contributed by atoms with Crippen LogP contribution in [0, 0.1) is 0 Å². The molecule has 0 amide bonds. The van der Waals surface area contributed by atoms with Gasteiger partial charge in [0.2, 0.25) is 11.7 Å². The van der Waals surface area contributed by atoms with Gasteiger partial charge in [-0.1, -0.05) is 5.16 Å². The van der Waals surface area contributed by atoms with E-state index in [-0.39, 0.29) is 23.8 Å². The Morgan fingerprint density at radius 2 is 2.14 bits per heavy atom. The molecule has 2 aromatic rings. The van der Waals surface area contributed by atoms with E-state index in [1.54, 1.807) is 12.0 Å². The number of aromatic amines is 1. The Labute approximate surface area is 114 Å². The highest BCUT2D eigenvalue weighted by Crippen LogP contribution is 2.17. The second kappa shape index (κ2) is 5.52. The topological polar surface area (TPSA) is 106 Å². The normalized spacial score (nSPS) is 11.8. The van der Waals surface area contributed by atoms with Crippen molar-refractivity contribution >= 4 is 0 Å². The summed E-state index contributed by atoms with van der Waals surface area (Å²) in [7, 11) is 1.63. The molecule has 2 heterocycles. The van der Waals surface area contributed by atoms with Crippen LogP contribution in [0.4, 0.5) is 13.2 Å². The zero-order chi connectivity index (χ0) is 15.6. The van der Waals surface area contributed by atoms with Crippen molar-refractivity contribution < 1.29 is 17.7 Å². The minimum atomic E-state index is -4.60. The molecule has 0 unspecified atom stereocenters. The Morgan fingerprint density at radius 1 is 1.43 bits per heavy atom. The SMILES string of the molecule is CNCc1nc(-c2cn(CC(F)(F)F)c(=O)[nH]c2=O)no1. The summed E-state index contributed by atoms with van der Waals surface area (Å²) in [6.07, 6.45) is -3.85. The first-order valence-electron chi connectivity index (χ1n) is 5.68. The van der Waals surface area contributed by atoms with E-state index in [0.29, 0.717) is 4.57 Å². The molecule has 0 radical (unpaired) electrons. The van der Waals surface area contributed by atoms with Crippen LogP contribution in [0.2, 0.25) is 0 Å². The fourth-order valence-corrected chi connectivity index (χ4v) is 1.57. The number of nitrogens with one attached hydrogen (secondary N) is 2. The summed E-state index contributed by atoms with van der Waals surface area (Å²) in [5.41, 5.74) is -2.35. The maximum atomic E-state index is 12.4. The molecule has 0 aliphatic carbocycles. The highest BCUT2D eigenvalue weighted by atomic mass is 19.4. The average molecular weight is 305 g/mol. The van der Waals surface area contributed by atoms with Gasteiger partial charge in [-0.05, 0) is 7.05 Å². The van der Waals surface area contributed by atoms with Gasteiger partial charge in [0.1, 0.15) is 12.1 Å². The van der Waals surface area contributed by atoms with Crippen LogP contribution in [0.5, 0.6) is 0 Å². The first-order chi connectivity index (χ1) is 9.80. The lowest BCUT2D eigenvalue weighted by Gasteiger charge is -2.08. The molecule has 2 rings (SSSR count). The number of hydrogen-bond donors (Lipinski definition) is 2. The van der Waals surface area contributed by atoms with Gasteiger partial charge in [0.05, 0.1) is 6.54 Å². The Balaban J connectivity index is 2.45. The van der Waals surface area contributed by atoms with Crippen LogP contribution in [0.25, 0.3) is 11.4 Å². The van der Waals surface area contributed by atoms with Gasteiger partial charge >= 0.3 is 11.9 Å². The predicted octanol–water partition coefficient (Wildman–Crippen LogP) is -0.132. The first-order valence-corrected chi connectivity index (χ1v) is 5.68. The van der Waals surface area contributed by atoms with Crippen LogP contribution >= 0.6 is 0 Å². The van der Waals surface area contributed by atoms with Crippen molar-refractivity contribution in [3.8, 4) is 11.4 Å². The molecule has 0 aliphatic heterocycles. The third-order valence-corrected chi connectivity index (χ3v) is 2.40. The van der Waals surface area contributed by atoms with Crippen molar-refractivity contribution in [3.05, 3.63) is 32.9 Å². The fraction of sp³-hybridized carbons (Fsp3) is 0.400. The van der Waals surface area contributed by atoms with E-state index in [1.807, 2.05) is 0 Å². The maximum Gasteiger partial charge on any atom is 0.406 e. The molecule has 0 atom stereocenters. The molecule has 0 bridgehead atoms. The molecule has 0 aliphatic rings. The second-order valence-corrected chi connectivity index (χ2v) is 4.09. The van der Waals surface area contributed by atoms with E-state index < -0.39 is 24.0 Å². The van der Waals surface area contributed by atoms with Gasteiger partial charge in [0, 0.05) is 6.20 Å². The molecule has 0 fully saturated rings.